The lowest BCUT2D eigenvalue weighted by Gasteiger charge is -2.60. The molecule has 150 valence electrons. The van der Waals surface area contributed by atoms with Crippen molar-refractivity contribution < 1.29 is 14.7 Å². The van der Waals surface area contributed by atoms with Gasteiger partial charge in [0.15, 0.2) is 0 Å². The lowest BCUT2D eigenvalue weighted by Crippen LogP contribution is -2.54. The first-order valence-corrected chi connectivity index (χ1v) is 10.9. The van der Waals surface area contributed by atoms with E-state index in [9.17, 15) is 10.0 Å². The van der Waals surface area contributed by atoms with Gasteiger partial charge in [0.25, 0.3) is 0 Å². The fourth-order valence-corrected chi connectivity index (χ4v) is 7.74. The highest BCUT2D eigenvalue weighted by Crippen LogP contribution is 2.66. The number of oxime groups is 1. The van der Waals surface area contributed by atoms with Crippen LogP contribution in [0.4, 0.5) is 0 Å². The number of carbonyl (C=O) groups excluding carboxylic acids is 1. The molecule has 4 heteroatoms. The molecule has 1 N–H and O–H groups in total. The van der Waals surface area contributed by atoms with E-state index in [0.717, 1.165) is 36.8 Å². The molecule has 7 atom stereocenters. The summed E-state index contributed by atoms with van der Waals surface area (Å²) in [5.74, 6) is 2.81. The van der Waals surface area contributed by atoms with Crippen LogP contribution in [0.3, 0.4) is 0 Å². The Labute approximate surface area is 163 Å². The maximum atomic E-state index is 11.4. The van der Waals surface area contributed by atoms with Gasteiger partial charge >= 0.3 is 5.97 Å². The second-order valence-corrected chi connectivity index (χ2v) is 10.2. The Morgan fingerprint density at radius 1 is 1.15 bits per heavy atom. The van der Waals surface area contributed by atoms with Crippen molar-refractivity contribution in [3.8, 4) is 0 Å². The second-order valence-electron chi connectivity index (χ2n) is 10.2. The van der Waals surface area contributed by atoms with Gasteiger partial charge in [0.05, 0.1) is 5.71 Å². The van der Waals surface area contributed by atoms with Crippen molar-refractivity contribution in [3.63, 3.8) is 0 Å². The van der Waals surface area contributed by atoms with Crippen LogP contribution in [-0.2, 0) is 9.53 Å². The van der Waals surface area contributed by atoms with Crippen LogP contribution in [0.5, 0.6) is 0 Å². The van der Waals surface area contributed by atoms with Gasteiger partial charge in [-0.05, 0) is 98.4 Å². The van der Waals surface area contributed by atoms with Crippen LogP contribution < -0.4 is 0 Å². The van der Waals surface area contributed by atoms with Crippen LogP contribution in [0.2, 0.25) is 0 Å². The standard InChI is InChI=1S/C23H35NO3/c1-14(24-26)19-7-8-20-18-6-5-16-13-17(27-15(2)25)9-11-22(16,3)21(18)10-12-23(19,20)4/h7,16-18,20-21,26H,5-6,8-13H2,1-4H3/b24-14+/t16-,17+,18+,20+,21+,22-,23-/m0/s1. The molecule has 0 aromatic heterocycles. The van der Waals surface area contributed by atoms with E-state index in [1.165, 1.54) is 44.6 Å². The lowest BCUT2D eigenvalue weighted by molar-refractivity contribution is -0.158. The molecule has 3 fully saturated rings. The smallest absolute Gasteiger partial charge is 0.302 e. The number of ether oxygens (including phenoxy) is 1. The Morgan fingerprint density at radius 3 is 2.63 bits per heavy atom. The number of rotatable bonds is 2. The Kier molecular flexibility index (Phi) is 4.67. The van der Waals surface area contributed by atoms with E-state index in [2.05, 4.69) is 25.1 Å². The minimum atomic E-state index is -0.129. The van der Waals surface area contributed by atoms with E-state index in [0.29, 0.717) is 17.3 Å². The topological polar surface area (TPSA) is 58.9 Å². The number of hydrogen-bond acceptors (Lipinski definition) is 4. The van der Waals surface area contributed by atoms with E-state index in [1.54, 1.807) is 0 Å². The zero-order valence-corrected chi connectivity index (χ0v) is 17.3. The summed E-state index contributed by atoms with van der Waals surface area (Å²) in [5, 5.41) is 12.9. The number of fused-ring (bicyclic) bond motifs is 5. The molecule has 0 unspecified atom stereocenters. The van der Waals surface area contributed by atoms with Crippen molar-refractivity contribution in [1.29, 1.82) is 0 Å². The van der Waals surface area contributed by atoms with E-state index in [4.69, 9.17) is 4.74 Å². The Hall–Kier alpha value is -1.32. The van der Waals surface area contributed by atoms with Crippen molar-refractivity contribution >= 4 is 11.7 Å². The van der Waals surface area contributed by atoms with Crippen LogP contribution in [-0.4, -0.2) is 23.0 Å². The number of hydrogen-bond donors (Lipinski definition) is 1. The molecular weight excluding hydrogens is 338 g/mol. The van der Waals surface area contributed by atoms with Crippen molar-refractivity contribution in [3.05, 3.63) is 11.6 Å². The first kappa shape index (κ1) is 19.0. The van der Waals surface area contributed by atoms with Crippen LogP contribution in [0.15, 0.2) is 16.8 Å². The maximum Gasteiger partial charge on any atom is 0.302 e. The van der Waals surface area contributed by atoms with Gasteiger partial charge in [-0.25, -0.2) is 0 Å². The largest absolute Gasteiger partial charge is 0.463 e. The fourth-order valence-electron chi connectivity index (χ4n) is 7.74. The zero-order chi connectivity index (χ0) is 19.4. The number of nitrogens with zero attached hydrogens (tertiary/aromatic N) is 1. The molecular formula is C23H35NO3. The summed E-state index contributed by atoms with van der Waals surface area (Å²) in [7, 11) is 0. The van der Waals surface area contributed by atoms with Crippen molar-refractivity contribution in [1.82, 2.24) is 0 Å². The molecule has 0 amide bonds. The number of esters is 1. The van der Waals surface area contributed by atoms with E-state index in [-0.39, 0.29) is 17.5 Å². The first-order valence-electron chi connectivity index (χ1n) is 10.9. The highest BCUT2D eigenvalue weighted by Gasteiger charge is 2.59. The summed E-state index contributed by atoms with van der Waals surface area (Å²) >= 11 is 0. The summed E-state index contributed by atoms with van der Waals surface area (Å²) in [6, 6.07) is 0. The van der Waals surface area contributed by atoms with Gasteiger partial charge in [-0.15, -0.1) is 0 Å². The molecule has 0 radical (unpaired) electrons. The number of carbonyl (C=O) groups is 1. The third-order valence-electron chi connectivity index (χ3n) is 9.07. The normalized spacial score (nSPS) is 46.7. The molecule has 0 bridgehead atoms. The summed E-state index contributed by atoms with van der Waals surface area (Å²) in [6.45, 7) is 8.42. The molecule has 3 saturated carbocycles. The molecule has 0 aromatic carbocycles. The number of allylic oxidation sites excluding steroid dienone is 2. The summed E-state index contributed by atoms with van der Waals surface area (Å²) in [5.41, 5.74) is 2.67. The van der Waals surface area contributed by atoms with E-state index < -0.39 is 0 Å². The third-order valence-corrected chi connectivity index (χ3v) is 9.07. The summed E-state index contributed by atoms with van der Waals surface area (Å²) < 4.78 is 5.58. The van der Waals surface area contributed by atoms with Gasteiger partial charge in [-0.2, -0.15) is 0 Å². The molecule has 0 spiro atoms. The summed E-state index contributed by atoms with van der Waals surface area (Å²) in [6.07, 6.45) is 11.9. The Bertz CT molecular complexity index is 683. The lowest BCUT2D eigenvalue weighted by atomic mass is 9.44. The molecule has 0 aromatic rings. The van der Waals surface area contributed by atoms with Gasteiger partial charge in [-0.3, -0.25) is 4.79 Å². The van der Waals surface area contributed by atoms with E-state index in [1.807, 2.05) is 6.92 Å². The van der Waals surface area contributed by atoms with Crippen molar-refractivity contribution in [2.45, 2.75) is 85.2 Å². The highest BCUT2D eigenvalue weighted by molar-refractivity contribution is 5.99. The van der Waals surface area contributed by atoms with Crippen LogP contribution in [0, 0.1) is 34.5 Å². The Balaban J connectivity index is 1.54. The van der Waals surface area contributed by atoms with Crippen molar-refractivity contribution in [2.75, 3.05) is 0 Å². The van der Waals surface area contributed by atoms with Gasteiger partial charge in [0.2, 0.25) is 0 Å². The fraction of sp³-hybridized carbons (Fsp3) is 0.826. The molecule has 0 aliphatic heterocycles. The van der Waals surface area contributed by atoms with Crippen LogP contribution in [0.1, 0.15) is 79.1 Å². The summed E-state index contributed by atoms with van der Waals surface area (Å²) in [4.78, 5) is 11.4. The molecule has 0 saturated heterocycles. The second kappa shape index (κ2) is 6.63. The van der Waals surface area contributed by atoms with E-state index >= 15 is 0 Å². The monoisotopic (exact) mass is 373 g/mol. The van der Waals surface area contributed by atoms with Gasteiger partial charge in [0.1, 0.15) is 6.10 Å². The SMILES string of the molecule is CC(=O)O[C@@H]1CC[C@@]2(C)[C@@H](CC[C@H]3[C@H]2CC[C@@]2(C)C(/C(C)=N/O)=CC[C@H]32)C1. The van der Waals surface area contributed by atoms with Crippen LogP contribution in [0.25, 0.3) is 0 Å². The highest BCUT2D eigenvalue weighted by atomic mass is 16.5. The molecule has 0 heterocycles. The minimum Gasteiger partial charge on any atom is -0.463 e. The molecule has 4 aliphatic carbocycles. The minimum absolute atomic E-state index is 0.129. The average molecular weight is 374 g/mol. The molecule has 4 nitrogen and oxygen atoms in total. The predicted molar refractivity (Wildman–Crippen MR) is 106 cm³/mol. The molecule has 27 heavy (non-hydrogen) atoms. The molecule has 4 aliphatic rings. The zero-order valence-electron chi connectivity index (χ0n) is 17.3. The maximum absolute atomic E-state index is 11.4. The first-order chi connectivity index (χ1) is 12.8. The van der Waals surface area contributed by atoms with Gasteiger partial charge < -0.3 is 9.94 Å². The van der Waals surface area contributed by atoms with Crippen LogP contribution >= 0.6 is 0 Å². The predicted octanol–water partition coefficient (Wildman–Crippen LogP) is 5.35. The Morgan fingerprint density at radius 2 is 1.93 bits per heavy atom. The quantitative estimate of drug-likeness (QED) is 0.307. The average Bonchev–Trinajstić information content (AvgIpc) is 2.98. The van der Waals surface area contributed by atoms with Gasteiger partial charge in [0, 0.05) is 6.92 Å². The third kappa shape index (κ3) is 2.86. The van der Waals surface area contributed by atoms with Gasteiger partial charge in [-0.1, -0.05) is 25.1 Å². The molecule has 4 rings (SSSR count). The van der Waals surface area contributed by atoms with Crippen molar-refractivity contribution in [2.24, 2.45) is 39.7 Å².